The van der Waals surface area contributed by atoms with E-state index in [1.165, 1.54) is 6.26 Å². The van der Waals surface area contributed by atoms with Gasteiger partial charge in [-0.15, -0.1) is 0 Å². The molecular weight excluding hydrogens is 454 g/mol. The molecule has 1 heterocycles. The highest BCUT2D eigenvalue weighted by atomic mass is 32.2. The number of hydrogen-bond donors (Lipinski definition) is 3. The molecule has 0 radical (unpaired) electrons. The zero-order chi connectivity index (χ0) is 24.8. The molecule has 0 unspecified atom stereocenters. The molecule has 0 bridgehead atoms. The van der Waals surface area contributed by atoms with Gasteiger partial charge in [0.2, 0.25) is 10.0 Å². The zero-order valence-electron chi connectivity index (χ0n) is 19.4. The van der Waals surface area contributed by atoms with Gasteiger partial charge in [0.1, 0.15) is 0 Å². The summed E-state index contributed by atoms with van der Waals surface area (Å²) in [5, 5.41) is 5.36. The summed E-state index contributed by atoms with van der Waals surface area (Å²) in [6.07, 6.45) is 1.41. The van der Waals surface area contributed by atoms with Crippen molar-refractivity contribution >= 4 is 21.8 Å². The van der Waals surface area contributed by atoms with Crippen LogP contribution in [0.3, 0.4) is 0 Å². The molecule has 0 spiro atoms. The van der Waals surface area contributed by atoms with E-state index in [9.17, 15) is 18.0 Å². The standard InChI is InChI=1S/C25H29N3O5S/c1-25(2,3)20-10-12-21(13-11-20)34(31,32)28-17-18-6-8-19(9-7-18)23(29)26-14-15-27-24(30)22-5-4-16-33-22/h4-13,16,28H,14-15,17H2,1-3H3,(H,26,29)(H,27,30). The number of benzene rings is 2. The fourth-order valence-corrected chi connectivity index (χ4v) is 4.14. The molecule has 34 heavy (non-hydrogen) atoms. The Kier molecular flexibility index (Phi) is 7.90. The van der Waals surface area contributed by atoms with Crippen molar-refractivity contribution < 1.29 is 22.4 Å². The molecule has 0 aliphatic heterocycles. The average Bonchev–Trinajstić information content (AvgIpc) is 3.35. The molecule has 0 saturated heterocycles. The zero-order valence-corrected chi connectivity index (χ0v) is 20.2. The van der Waals surface area contributed by atoms with E-state index in [0.29, 0.717) is 5.56 Å². The molecule has 1 aromatic heterocycles. The fourth-order valence-electron chi connectivity index (χ4n) is 3.12. The third kappa shape index (κ3) is 6.79. The predicted octanol–water partition coefficient (Wildman–Crippen LogP) is 3.22. The Hall–Kier alpha value is -3.43. The van der Waals surface area contributed by atoms with E-state index in [0.717, 1.165) is 11.1 Å². The van der Waals surface area contributed by atoms with E-state index in [-0.39, 0.29) is 47.5 Å². The van der Waals surface area contributed by atoms with Crippen molar-refractivity contribution in [3.8, 4) is 0 Å². The highest BCUT2D eigenvalue weighted by Gasteiger charge is 2.17. The lowest BCUT2D eigenvalue weighted by atomic mass is 9.87. The first kappa shape index (κ1) is 25.2. The van der Waals surface area contributed by atoms with Crippen molar-refractivity contribution in [2.75, 3.05) is 13.1 Å². The molecule has 8 nitrogen and oxygen atoms in total. The molecule has 2 amide bonds. The van der Waals surface area contributed by atoms with Gasteiger partial charge in [-0.1, -0.05) is 45.0 Å². The number of nitrogens with one attached hydrogen (secondary N) is 3. The molecule has 3 rings (SSSR count). The SMILES string of the molecule is CC(C)(C)c1ccc(S(=O)(=O)NCc2ccc(C(=O)NCCNC(=O)c3ccco3)cc2)cc1. The lowest BCUT2D eigenvalue weighted by Gasteiger charge is -2.19. The number of rotatable bonds is 9. The van der Waals surface area contributed by atoms with Crippen LogP contribution in [-0.2, 0) is 22.0 Å². The smallest absolute Gasteiger partial charge is 0.287 e. The predicted molar refractivity (Wildman–Crippen MR) is 129 cm³/mol. The van der Waals surface area contributed by atoms with Crippen LogP contribution >= 0.6 is 0 Å². The fraction of sp³-hybridized carbons (Fsp3) is 0.280. The molecule has 2 aromatic carbocycles. The summed E-state index contributed by atoms with van der Waals surface area (Å²) in [6, 6.07) is 16.7. The average molecular weight is 484 g/mol. The number of sulfonamides is 1. The van der Waals surface area contributed by atoms with E-state index < -0.39 is 10.0 Å². The Morgan fingerprint density at radius 3 is 2.03 bits per heavy atom. The van der Waals surface area contributed by atoms with Gasteiger partial charge in [-0.05, 0) is 52.9 Å². The second kappa shape index (κ2) is 10.7. The molecule has 0 atom stereocenters. The normalized spacial score (nSPS) is 11.7. The molecule has 0 saturated carbocycles. The highest BCUT2D eigenvalue weighted by molar-refractivity contribution is 7.89. The Bertz CT molecular complexity index is 1210. The highest BCUT2D eigenvalue weighted by Crippen LogP contribution is 2.23. The van der Waals surface area contributed by atoms with Gasteiger partial charge in [0.05, 0.1) is 11.2 Å². The Labute approximate surface area is 199 Å². The number of carbonyl (C=O) groups is 2. The van der Waals surface area contributed by atoms with Gasteiger partial charge >= 0.3 is 0 Å². The van der Waals surface area contributed by atoms with Crippen LogP contribution in [-0.4, -0.2) is 33.3 Å². The maximum Gasteiger partial charge on any atom is 0.287 e. The minimum Gasteiger partial charge on any atom is -0.459 e. The third-order valence-corrected chi connectivity index (χ3v) is 6.57. The van der Waals surface area contributed by atoms with Crippen LogP contribution in [0.1, 0.15) is 52.8 Å². The Balaban J connectivity index is 1.47. The van der Waals surface area contributed by atoms with Crippen molar-refractivity contribution in [2.24, 2.45) is 0 Å². The first-order valence-corrected chi connectivity index (χ1v) is 12.3. The summed E-state index contributed by atoms with van der Waals surface area (Å²) < 4.78 is 32.8. The van der Waals surface area contributed by atoms with Gasteiger partial charge < -0.3 is 15.1 Å². The topological polar surface area (TPSA) is 118 Å². The summed E-state index contributed by atoms with van der Waals surface area (Å²) in [4.78, 5) is 24.2. The van der Waals surface area contributed by atoms with Crippen molar-refractivity contribution in [1.29, 1.82) is 0 Å². The van der Waals surface area contributed by atoms with Gasteiger partial charge in [-0.2, -0.15) is 0 Å². The largest absolute Gasteiger partial charge is 0.459 e. The van der Waals surface area contributed by atoms with Crippen molar-refractivity contribution in [2.45, 2.75) is 37.6 Å². The van der Waals surface area contributed by atoms with Crippen LogP contribution in [0.15, 0.2) is 76.2 Å². The van der Waals surface area contributed by atoms with E-state index in [4.69, 9.17) is 4.42 Å². The first-order valence-electron chi connectivity index (χ1n) is 10.9. The second-order valence-electron chi connectivity index (χ2n) is 8.78. The van der Waals surface area contributed by atoms with Gasteiger partial charge in [0.25, 0.3) is 11.8 Å². The minimum atomic E-state index is -3.66. The lowest BCUT2D eigenvalue weighted by molar-refractivity contribution is 0.0910. The molecule has 180 valence electrons. The van der Waals surface area contributed by atoms with E-state index in [2.05, 4.69) is 36.1 Å². The van der Waals surface area contributed by atoms with Gasteiger partial charge in [-0.3, -0.25) is 9.59 Å². The lowest BCUT2D eigenvalue weighted by Crippen LogP contribution is -2.34. The monoisotopic (exact) mass is 483 g/mol. The Morgan fingerprint density at radius 1 is 0.853 bits per heavy atom. The van der Waals surface area contributed by atoms with Crippen LogP contribution < -0.4 is 15.4 Å². The quantitative estimate of drug-likeness (QED) is 0.404. The van der Waals surface area contributed by atoms with Crippen LogP contribution in [0.4, 0.5) is 0 Å². The van der Waals surface area contributed by atoms with E-state index >= 15 is 0 Å². The second-order valence-corrected chi connectivity index (χ2v) is 10.6. The van der Waals surface area contributed by atoms with Crippen LogP contribution in [0.25, 0.3) is 0 Å². The van der Waals surface area contributed by atoms with Crippen LogP contribution in [0.2, 0.25) is 0 Å². The first-order chi connectivity index (χ1) is 16.1. The third-order valence-electron chi connectivity index (χ3n) is 5.15. The summed E-state index contributed by atoms with van der Waals surface area (Å²) >= 11 is 0. The number of hydrogen-bond acceptors (Lipinski definition) is 5. The Morgan fingerprint density at radius 2 is 1.47 bits per heavy atom. The summed E-state index contributed by atoms with van der Waals surface area (Å²) in [5.41, 5.74) is 2.15. The van der Waals surface area contributed by atoms with Crippen LogP contribution in [0.5, 0.6) is 0 Å². The van der Waals surface area contributed by atoms with Gasteiger partial charge in [0.15, 0.2) is 5.76 Å². The summed E-state index contributed by atoms with van der Waals surface area (Å²) in [5.74, 6) is -0.436. The number of furan rings is 1. The molecule has 3 N–H and O–H groups in total. The van der Waals surface area contributed by atoms with Gasteiger partial charge in [0, 0.05) is 25.2 Å². The molecule has 0 fully saturated rings. The summed E-state index contributed by atoms with van der Waals surface area (Å²) in [7, 11) is -3.66. The molecular formula is C25H29N3O5S. The molecule has 0 aliphatic carbocycles. The van der Waals surface area contributed by atoms with Gasteiger partial charge in [-0.25, -0.2) is 13.1 Å². The van der Waals surface area contributed by atoms with E-state index in [1.54, 1.807) is 48.5 Å². The maximum absolute atomic E-state index is 12.6. The maximum atomic E-state index is 12.6. The van der Waals surface area contributed by atoms with Crippen molar-refractivity contribution in [3.63, 3.8) is 0 Å². The van der Waals surface area contributed by atoms with Crippen molar-refractivity contribution in [1.82, 2.24) is 15.4 Å². The molecule has 9 heteroatoms. The molecule has 0 aliphatic rings. The van der Waals surface area contributed by atoms with Crippen molar-refractivity contribution in [3.05, 3.63) is 89.4 Å². The van der Waals surface area contributed by atoms with Crippen LogP contribution in [0, 0.1) is 0 Å². The molecule has 3 aromatic rings. The number of amides is 2. The minimum absolute atomic E-state index is 0.0579. The van der Waals surface area contributed by atoms with E-state index in [1.807, 2.05) is 12.1 Å². The number of carbonyl (C=O) groups excluding carboxylic acids is 2. The summed E-state index contributed by atoms with van der Waals surface area (Å²) in [6.45, 7) is 6.81.